The highest BCUT2D eigenvalue weighted by molar-refractivity contribution is 5.73. The van der Waals surface area contributed by atoms with Crippen molar-refractivity contribution >= 4 is 6.03 Å². The molecule has 4 aliphatic carbocycles. The van der Waals surface area contributed by atoms with E-state index in [-0.39, 0.29) is 6.03 Å². The van der Waals surface area contributed by atoms with Crippen molar-refractivity contribution in [3.05, 3.63) is 0 Å². The number of nitrogens with one attached hydrogen (secondary N) is 2. The number of hydrogen-bond acceptors (Lipinski definition) is 1. The second kappa shape index (κ2) is 4.18. The zero-order chi connectivity index (χ0) is 11.9. The molecule has 4 aliphatic rings. The van der Waals surface area contributed by atoms with Crippen LogP contribution in [0.15, 0.2) is 0 Å². The summed E-state index contributed by atoms with van der Waals surface area (Å²) in [6.45, 7) is 3.58. The van der Waals surface area contributed by atoms with E-state index < -0.39 is 0 Å². The molecule has 4 saturated carbocycles. The van der Waals surface area contributed by atoms with Crippen molar-refractivity contribution in [2.24, 2.45) is 23.2 Å². The molecule has 0 aliphatic heterocycles. The van der Waals surface area contributed by atoms with Gasteiger partial charge in [-0.3, -0.25) is 0 Å². The molecule has 0 unspecified atom stereocenters. The molecule has 4 fully saturated rings. The molecule has 0 aromatic heterocycles. The first-order chi connectivity index (χ1) is 8.19. The minimum absolute atomic E-state index is 0.0169. The molecule has 3 nitrogen and oxygen atoms in total. The summed E-state index contributed by atoms with van der Waals surface area (Å²) in [6, 6.07) is 0.0169. The third kappa shape index (κ3) is 2.16. The molecule has 2 amide bonds. The lowest BCUT2D eigenvalue weighted by atomic mass is 9.49. The first kappa shape index (κ1) is 11.4. The quantitative estimate of drug-likeness (QED) is 0.776. The molecule has 0 aromatic carbocycles. The SMILES string of the molecule is CCNC(=O)NCC12CC3CC(CC(C3)C1)C2. The molecule has 0 heterocycles. The largest absolute Gasteiger partial charge is 0.338 e. The fraction of sp³-hybridized carbons (Fsp3) is 0.929. The van der Waals surface area contributed by atoms with Gasteiger partial charge in [-0.2, -0.15) is 0 Å². The van der Waals surface area contributed by atoms with Crippen molar-refractivity contribution in [1.82, 2.24) is 10.6 Å². The third-order valence-electron chi connectivity index (χ3n) is 5.13. The average Bonchev–Trinajstić information content (AvgIpc) is 2.25. The lowest BCUT2D eigenvalue weighted by Crippen LogP contribution is -2.52. The molecule has 0 saturated heterocycles. The summed E-state index contributed by atoms with van der Waals surface area (Å²) in [6.07, 6.45) is 8.52. The minimum Gasteiger partial charge on any atom is -0.338 e. The van der Waals surface area contributed by atoms with Gasteiger partial charge < -0.3 is 10.6 Å². The Kier molecular flexibility index (Phi) is 2.80. The van der Waals surface area contributed by atoms with E-state index in [0.29, 0.717) is 12.0 Å². The van der Waals surface area contributed by atoms with Crippen LogP contribution in [0.2, 0.25) is 0 Å². The topological polar surface area (TPSA) is 41.1 Å². The van der Waals surface area contributed by atoms with Crippen LogP contribution >= 0.6 is 0 Å². The van der Waals surface area contributed by atoms with E-state index in [1.54, 1.807) is 0 Å². The van der Waals surface area contributed by atoms with E-state index >= 15 is 0 Å². The predicted octanol–water partition coefficient (Wildman–Crippen LogP) is 2.52. The van der Waals surface area contributed by atoms with Crippen molar-refractivity contribution < 1.29 is 4.79 Å². The van der Waals surface area contributed by atoms with Gasteiger partial charge in [0, 0.05) is 13.1 Å². The van der Waals surface area contributed by atoms with E-state index in [2.05, 4.69) is 10.6 Å². The predicted molar refractivity (Wildman–Crippen MR) is 67.7 cm³/mol. The molecule has 0 aromatic rings. The van der Waals surface area contributed by atoms with Gasteiger partial charge in [-0.05, 0) is 68.6 Å². The molecule has 0 spiro atoms. The van der Waals surface area contributed by atoms with Gasteiger partial charge in [0.15, 0.2) is 0 Å². The van der Waals surface area contributed by atoms with E-state index in [1.165, 1.54) is 38.5 Å². The molecule has 2 N–H and O–H groups in total. The van der Waals surface area contributed by atoms with Crippen molar-refractivity contribution in [3.8, 4) is 0 Å². The monoisotopic (exact) mass is 236 g/mol. The lowest BCUT2D eigenvalue weighted by molar-refractivity contribution is -0.0498. The summed E-state index contributed by atoms with van der Waals surface area (Å²) >= 11 is 0. The van der Waals surface area contributed by atoms with Crippen molar-refractivity contribution in [2.45, 2.75) is 45.4 Å². The molecule has 0 radical (unpaired) electrons. The van der Waals surface area contributed by atoms with Gasteiger partial charge in [-0.1, -0.05) is 0 Å². The summed E-state index contributed by atoms with van der Waals surface area (Å²) < 4.78 is 0. The Morgan fingerprint density at radius 1 is 1.06 bits per heavy atom. The molecule has 0 atom stereocenters. The summed E-state index contributed by atoms with van der Waals surface area (Å²) in [7, 11) is 0. The first-order valence-corrected chi connectivity index (χ1v) is 7.21. The van der Waals surface area contributed by atoms with Crippen LogP contribution < -0.4 is 10.6 Å². The Morgan fingerprint density at radius 2 is 1.59 bits per heavy atom. The van der Waals surface area contributed by atoms with Crippen molar-refractivity contribution in [1.29, 1.82) is 0 Å². The van der Waals surface area contributed by atoms with Gasteiger partial charge in [0.05, 0.1) is 0 Å². The maximum Gasteiger partial charge on any atom is 0.314 e. The summed E-state index contributed by atoms with van der Waals surface area (Å²) in [4.78, 5) is 11.5. The second-order valence-corrected chi connectivity index (χ2v) is 6.63. The van der Waals surface area contributed by atoms with E-state index in [9.17, 15) is 4.79 Å². The van der Waals surface area contributed by atoms with Gasteiger partial charge >= 0.3 is 6.03 Å². The molecular formula is C14H24N2O. The van der Waals surface area contributed by atoms with Crippen molar-refractivity contribution in [2.75, 3.05) is 13.1 Å². The highest BCUT2D eigenvalue weighted by Gasteiger charge is 2.50. The van der Waals surface area contributed by atoms with Gasteiger partial charge in [-0.15, -0.1) is 0 Å². The summed E-state index contributed by atoms with van der Waals surface area (Å²) in [5.74, 6) is 2.91. The highest BCUT2D eigenvalue weighted by Crippen LogP contribution is 2.59. The highest BCUT2D eigenvalue weighted by atomic mass is 16.2. The maximum absolute atomic E-state index is 11.5. The van der Waals surface area contributed by atoms with Gasteiger partial charge in [-0.25, -0.2) is 4.79 Å². The number of hydrogen-bond donors (Lipinski definition) is 2. The van der Waals surface area contributed by atoms with E-state index in [0.717, 1.165) is 24.3 Å². The van der Waals surface area contributed by atoms with E-state index in [1.807, 2.05) is 6.92 Å². The number of carbonyl (C=O) groups is 1. The number of urea groups is 1. The number of rotatable bonds is 3. The van der Waals surface area contributed by atoms with Gasteiger partial charge in [0.1, 0.15) is 0 Å². The van der Waals surface area contributed by atoms with Gasteiger partial charge in [0.25, 0.3) is 0 Å². The fourth-order valence-electron chi connectivity index (χ4n) is 5.00. The fourth-order valence-corrected chi connectivity index (χ4v) is 5.00. The normalized spacial score (nSPS) is 42.5. The van der Waals surface area contributed by atoms with Crippen LogP contribution in [0.5, 0.6) is 0 Å². The standard InChI is InChI=1S/C14H24N2O/c1-2-15-13(17)16-9-14-6-10-3-11(7-14)5-12(4-10)8-14/h10-12H,2-9H2,1H3,(H2,15,16,17). The molecule has 4 rings (SSSR count). The van der Waals surface area contributed by atoms with Crippen LogP contribution in [0.3, 0.4) is 0 Å². The number of carbonyl (C=O) groups excluding carboxylic acids is 1. The first-order valence-electron chi connectivity index (χ1n) is 7.21. The van der Waals surface area contributed by atoms with Crippen LogP contribution in [-0.4, -0.2) is 19.1 Å². The minimum atomic E-state index is 0.0169. The average molecular weight is 236 g/mol. The lowest BCUT2D eigenvalue weighted by Gasteiger charge is -2.56. The Hall–Kier alpha value is -0.730. The zero-order valence-corrected chi connectivity index (χ0v) is 10.8. The van der Waals surface area contributed by atoms with Crippen LogP contribution in [0.4, 0.5) is 4.79 Å². The Balaban J connectivity index is 1.60. The molecular weight excluding hydrogens is 212 g/mol. The van der Waals surface area contributed by atoms with Crippen LogP contribution in [0, 0.1) is 23.2 Å². The molecule has 96 valence electrons. The van der Waals surface area contributed by atoms with Gasteiger partial charge in [0.2, 0.25) is 0 Å². The molecule has 3 heteroatoms. The van der Waals surface area contributed by atoms with Crippen LogP contribution in [-0.2, 0) is 0 Å². The van der Waals surface area contributed by atoms with Crippen LogP contribution in [0.25, 0.3) is 0 Å². The zero-order valence-electron chi connectivity index (χ0n) is 10.8. The Bertz CT molecular complexity index is 278. The maximum atomic E-state index is 11.5. The van der Waals surface area contributed by atoms with Crippen molar-refractivity contribution in [3.63, 3.8) is 0 Å². The Labute approximate surface area is 104 Å². The summed E-state index contributed by atoms with van der Waals surface area (Å²) in [5.41, 5.74) is 0.458. The summed E-state index contributed by atoms with van der Waals surface area (Å²) in [5, 5.41) is 5.92. The number of amides is 2. The van der Waals surface area contributed by atoms with E-state index in [4.69, 9.17) is 0 Å². The third-order valence-corrected chi connectivity index (χ3v) is 5.13. The Morgan fingerprint density at radius 3 is 2.06 bits per heavy atom. The smallest absolute Gasteiger partial charge is 0.314 e. The van der Waals surface area contributed by atoms with Crippen LogP contribution in [0.1, 0.15) is 45.4 Å². The second-order valence-electron chi connectivity index (χ2n) is 6.63. The molecule has 4 bridgehead atoms. The molecule has 17 heavy (non-hydrogen) atoms.